The lowest BCUT2D eigenvalue weighted by atomic mass is 10.1. The lowest BCUT2D eigenvalue weighted by Crippen LogP contribution is -2.55. The molecule has 0 saturated carbocycles. The van der Waals surface area contributed by atoms with E-state index >= 15 is 0 Å². The predicted molar refractivity (Wildman–Crippen MR) is 97.1 cm³/mol. The molecule has 0 spiro atoms. The maximum Gasteiger partial charge on any atom is 0.225 e. The highest BCUT2D eigenvalue weighted by atomic mass is 32.2. The molecule has 0 atom stereocenters. The van der Waals surface area contributed by atoms with Crippen molar-refractivity contribution in [3.05, 3.63) is 72.7 Å². The summed E-state index contributed by atoms with van der Waals surface area (Å²) in [6, 6.07) is 16.7. The van der Waals surface area contributed by atoms with Crippen molar-refractivity contribution in [3.8, 4) is 11.3 Å². The highest BCUT2D eigenvalue weighted by Crippen LogP contribution is 2.27. The number of hydrogen-bond donors (Lipinski definition) is 0. The number of benzene rings is 2. The number of aromatic nitrogens is 2. The molecule has 1 aliphatic rings. The molecule has 1 fully saturated rings. The van der Waals surface area contributed by atoms with Gasteiger partial charge in [-0.1, -0.05) is 36.4 Å². The Bertz CT molecular complexity index is 1040. The summed E-state index contributed by atoms with van der Waals surface area (Å²) >= 11 is 0. The van der Waals surface area contributed by atoms with Gasteiger partial charge < -0.3 is 4.90 Å². The molecule has 0 radical (unpaired) electrons. The van der Waals surface area contributed by atoms with Gasteiger partial charge in [0.05, 0.1) is 10.6 Å². The monoisotopic (exact) mass is 369 g/mol. The normalized spacial score (nSPS) is 14.9. The van der Waals surface area contributed by atoms with E-state index in [4.69, 9.17) is 0 Å². The molecule has 0 N–H and O–H groups in total. The molecule has 0 bridgehead atoms. The molecule has 1 aromatic heterocycles. The van der Waals surface area contributed by atoms with Crippen molar-refractivity contribution >= 4 is 15.8 Å². The first-order valence-corrected chi connectivity index (χ1v) is 9.71. The van der Waals surface area contributed by atoms with E-state index < -0.39 is 20.9 Å². The molecule has 1 saturated heterocycles. The summed E-state index contributed by atoms with van der Waals surface area (Å²) in [5.74, 6) is -0.0572. The summed E-state index contributed by atoms with van der Waals surface area (Å²) < 4.78 is 38.5. The minimum atomic E-state index is -3.57. The standard InChI is InChI=1S/C19H16FN3O2S/c20-15-7-4-8-16(11-15)26(24,25)17-12-23(13-17)19-21-10-9-18(22-19)14-5-2-1-3-6-14/h1-11,17H,12-13H2. The van der Waals surface area contributed by atoms with E-state index in [1.807, 2.05) is 41.3 Å². The first kappa shape index (κ1) is 16.7. The number of halogens is 1. The van der Waals surface area contributed by atoms with Crippen LogP contribution >= 0.6 is 0 Å². The van der Waals surface area contributed by atoms with Gasteiger partial charge >= 0.3 is 0 Å². The van der Waals surface area contributed by atoms with Gasteiger partial charge in [0.25, 0.3) is 0 Å². The molecule has 1 aliphatic heterocycles. The van der Waals surface area contributed by atoms with E-state index in [2.05, 4.69) is 9.97 Å². The van der Waals surface area contributed by atoms with E-state index in [-0.39, 0.29) is 18.0 Å². The summed E-state index contributed by atoms with van der Waals surface area (Å²) in [6.45, 7) is 0.578. The van der Waals surface area contributed by atoms with Gasteiger partial charge in [-0.25, -0.2) is 22.8 Å². The third-order valence-electron chi connectivity index (χ3n) is 4.41. The predicted octanol–water partition coefficient (Wildman–Crippen LogP) is 2.95. The molecule has 3 aromatic rings. The fourth-order valence-electron chi connectivity index (χ4n) is 2.90. The van der Waals surface area contributed by atoms with E-state index in [1.54, 1.807) is 6.20 Å². The third-order valence-corrected chi connectivity index (χ3v) is 6.49. The van der Waals surface area contributed by atoms with Crippen LogP contribution in [0.3, 0.4) is 0 Å². The zero-order valence-electron chi connectivity index (χ0n) is 13.8. The van der Waals surface area contributed by atoms with Crippen molar-refractivity contribution in [2.75, 3.05) is 18.0 Å². The average molecular weight is 369 g/mol. The topological polar surface area (TPSA) is 63.2 Å². The molecule has 2 heterocycles. The summed E-state index contributed by atoms with van der Waals surface area (Å²) in [4.78, 5) is 10.6. The van der Waals surface area contributed by atoms with Crippen LogP contribution in [-0.4, -0.2) is 36.7 Å². The Morgan fingerprint density at radius 2 is 1.77 bits per heavy atom. The third kappa shape index (κ3) is 3.06. The molecular formula is C19H16FN3O2S. The average Bonchev–Trinajstić information content (AvgIpc) is 2.61. The van der Waals surface area contributed by atoms with Crippen molar-refractivity contribution < 1.29 is 12.8 Å². The summed E-state index contributed by atoms with van der Waals surface area (Å²) in [6.07, 6.45) is 1.67. The van der Waals surface area contributed by atoms with Crippen molar-refractivity contribution in [3.63, 3.8) is 0 Å². The molecule has 26 heavy (non-hydrogen) atoms. The van der Waals surface area contributed by atoms with E-state index in [0.717, 1.165) is 17.3 Å². The fourth-order valence-corrected chi connectivity index (χ4v) is 4.59. The number of hydrogen-bond acceptors (Lipinski definition) is 5. The van der Waals surface area contributed by atoms with Gasteiger partial charge in [0.2, 0.25) is 5.95 Å². The fraction of sp³-hybridized carbons (Fsp3) is 0.158. The zero-order valence-corrected chi connectivity index (χ0v) is 14.6. The Kier molecular flexibility index (Phi) is 4.16. The molecule has 5 nitrogen and oxygen atoms in total. The highest BCUT2D eigenvalue weighted by Gasteiger charge is 2.39. The summed E-state index contributed by atoms with van der Waals surface area (Å²) in [7, 11) is -3.57. The summed E-state index contributed by atoms with van der Waals surface area (Å²) in [5, 5.41) is -0.590. The largest absolute Gasteiger partial charge is 0.338 e. The van der Waals surface area contributed by atoms with Crippen LogP contribution in [0.2, 0.25) is 0 Å². The zero-order chi connectivity index (χ0) is 18.1. The van der Waals surface area contributed by atoms with Crippen LogP contribution in [0.4, 0.5) is 10.3 Å². The van der Waals surface area contributed by atoms with Gasteiger partial charge in [0.1, 0.15) is 11.1 Å². The van der Waals surface area contributed by atoms with E-state index in [1.165, 1.54) is 18.2 Å². The van der Waals surface area contributed by atoms with Gasteiger partial charge in [0, 0.05) is 24.8 Å². The molecule has 4 rings (SSSR count). The lowest BCUT2D eigenvalue weighted by Gasteiger charge is -2.38. The van der Waals surface area contributed by atoms with Crippen molar-refractivity contribution in [2.24, 2.45) is 0 Å². The molecule has 0 aliphatic carbocycles. The smallest absolute Gasteiger partial charge is 0.225 e. The minimum Gasteiger partial charge on any atom is -0.338 e. The first-order chi connectivity index (χ1) is 12.5. The Balaban J connectivity index is 1.52. The van der Waals surface area contributed by atoms with Crippen LogP contribution in [0, 0.1) is 5.82 Å². The van der Waals surface area contributed by atoms with Gasteiger partial charge in [-0.15, -0.1) is 0 Å². The molecule has 7 heteroatoms. The van der Waals surface area contributed by atoms with Crippen molar-refractivity contribution in [2.45, 2.75) is 10.1 Å². The molecule has 132 valence electrons. The van der Waals surface area contributed by atoms with Crippen LogP contribution in [0.15, 0.2) is 71.8 Å². The van der Waals surface area contributed by atoms with Gasteiger partial charge in [0.15, 0.2) is 9.84 Å². The van der Waals surface area contributed by atoms with Crippen molar-refractivity contribution in [1.29, 1.82) is 0 Å². The second kappa shape index (κ2) is 6.49. The van der Waals surface area contributed by atoms with Crippen LogP contribution in [-0.2, 0) is 9.84 Å². The first-order valence-electron chi connectivity index (χ1n) is 8.17. The maximum atomic E-state index is 13.3. The van der Waals surface area contributed by atoms with Crippen LogP contribution in [0.25, 0.3) is 11.3 Å². The van der Waals surface area contributed by atoms with Crippen LogP contribution < -0.4 is 4.90 Å². The van der Waals surface area contributed by atoms with Crippen LogP contribution in [0.1, 0.15) is 0 Å². The van der Waals surface area contributed by atoms with Crippen molar-refractivity contribution in [1.82, 2.24) is 9.97 Å². The number of sulfone groups is 1. The quantitative estimate of drug-likeness (QED) is 0.708. The minimum absolute atomic E-state index is 0.0149. The number of nitrogens with zero attached hydrogens (tertiary/aromatic N) is 3. The Morgan fingerprint density at radius 1 is 1.00 bits per heavy atom. The highest BCUT2D eigenvalue weighted by molar-refractivity contribution is 7.92. The lowest BCUT2D eigenvalue weighted by molar-refractivity contribution is 0.534. The van der Waals surface area contributed by atoms with Gasteiger partial charge in [-0.05, 0) is 24.3 Å². The van der Waals surface area contributed by atoms with E-state index in [0.29, 0.717) is 5.95 Å². The Morgan fingerprint density at radius 3 is 2.50 bits per heavy atom. The van der Waals surface area contributed by atoms with E-state index in [9.17, 15) is 12.8 Å². The molecular weight excluding hydrogens is 353 g/mol. The van der Waals surface area contributed by atoms with Gasteiger partial charge in [-0.3, -0.25) is 0 Å². The van der Waals surface area contributed by atoms with Crippen LogP contribution in [0.5, 0.6) is 0 Å². The molecule has 0 unspecified atom stereocenters. The Labute approximate surface area is 151 Å². The molecule has 2 aromatic carbocycles. The number of anilines is 1. The SMILES string of the molecule is O=S(=O)(c1cccc(F)c1)C1CN(c2nccc(-c3ccccc3)n2)C1. The summed E-state index contributed by atoms with van der Waals surface area (Å²) in [5.41, 5.74) is 1.76. The second-order valence-electron chi connectivity index (χ2n) is 6.14. The number of rotatable bonds is 4. The Hall–Kier alpha value is -2.80. The second-order valence-corrected chi connectivity index (χ2v) is 8.37. The molecule has 0 amide bonds. The van der Waals surface area contributed by atoms with Gasteiger partial charge in [-0.2, -0.15) is 0 Å². The maximum absolute atomic E-state index is 13.3.